The van der Waals surface area contributed by atoms with E-state index < -0.39 is 12.3 Å². The largest absolute Gasteiger partial charge is 3.00 e. The second-order valence-corrected chi connectivity index (χ2v) is 0.500. The minimum Gasteiger partial charge on any atom is -0.652 e. The fourth-order valence-corrected chi connectivity index (χ4v) is 0. The van der Waals surface area contributed by atoms with Gasteiger partial charge in [-0.1, -0.05) is 0 Å². The van der Waals surface area contributed by atoms with Crippen LogP contribution in [0.15, 0.2) is 0 Å². The number of carbonyl (C=O) groups excluding carboxylic acids is 2. The van der Waals surface area contributed by atoms with Crippen molar-refractivity contribution in [2.24, 2.45) is 0 Å². The van der Waals surface area contributed by atoms with E-state index in [9.17, 15) is 0 Å². The van der Waals surface area contributed by atoms with Crippen LogP contribution in [0, 0.1) is 0 Å². The molecule has 0 aromatic carbocycles. The normalized spacial score (nSPS) is 4.80. The third kappa shape index (κ3) is 15700. The van der Waals surface area contributed by atoms with Crippen molar-refractivity contribution < 1.29 is 79.1 Å². The monoisotopic (exact) mass is 246 g/mol. The zero-order valence-electron chi connectivity index (χ0n) is 4.78. The van der Waals surface area contributed by atoms with Crippen LogP contribution in [0.5, 0.6) is 0 Å². The smallest absolute Gasteiger partial charge is 0.652 e. The van der Waals surface area contributed by atoms with Crippen LogP contribution in [0.2, 0.25) is 0 Å². The van der Waals surface area contributed by atoms with Gasteiger partial charge in [0.2, 0.25) is 0 Å². The summed E-state index contributed by atoms with van der Waals surface area (Å²) < 4.78 is 0. The number of rotatable bonds is 0. The molecule has 10 heavy (non-hydrogen) atoms. The Bertz CT molecular complexity index is 73.7. The third-order valence-electron chi connectivity index (χ3n) is 0. The van der Waals surface area contributed by atoms with Gasteiger partial charge >= 0.3 is 49.0 Å². The van der Waals surface area contributed by atoms with Gasteiger partial charge in [0.05, 0.1) is 0 Å². The summed E-state index contributed by atoms with van der Waals surface area (Å²) in [6.45, 7) is 0. The summed E-state index contributed by atoms with van der Waals surface area (Å²) in [6, 6.07) is 0. The second kappa shape index (κ2) is 16.1. The van der Waals surface area contributed by atoms with E-state index >= 15 is 0 Å². The molecule has 0 amide bonds. The molecule has 0 spiro atoms. The molecule has 0 bridgehead atoms. The molecular formula is C2NaO6Rh. The van der Waals surface area contributed by atoms with Crippen LogP contribution in [-0.2, 0) is 19.5 Å². The molecule has 6 nitrogen and oxygen atoms in total. The van der Waals surface area contributed by atoms with Crippen molar-refractivity contribution in [3.63, 3.8) is 0 Å². The fourth-order valence-electron chi connectivity index (χ4n) is 0. The predicted molar refractivity (Wildman–Crippen MR) is 10.8 cm³/mol. The van der Waals surface area contributed by atoms with Crippen molar-refractivity contribution in [1.29, 1.82) is 0 Å². The Morgan fingerprint density at radius 3 is 0.800 bits per heavy atom. The summed E-state index contributed by atoms with van der Waals surface area (Å²) in [5.41, 5.74) is 0. The molecule has 0 radical (unpaired) electrons. The van der Waals surface area contributed by atoms with Crippen molar-refractivity contribution in [1.82, 2.24) is 0 Å². The third-order valence-corrected chi connectivity index (χ3v) is 0. The molecule has 0 heterocycles. The quantitative estimate of drug-likeness (QED) is 0.390. The maximum Gasteiger partial charge on any atom is 3.00 e. The molecule has 54 valence electrons. The average molecular weight is 246 g/mol. The molecule has 0 saturated heterocycles. The maximum absolute atomic E-state index is 8.33. The summed E-state index contributed by atoms with van der Waals surface area (Å²) in [6.07, 6.45) is -4.67. The van der Waals surface area contributed by atoms with Crippen molar-refractivity contribution in [3.05, 3.63) is 0 Å². The van der Waals surface area contributed by atoms with Gasteiger partial charge in [-0.15, -0.1) is 0 Å². The molecule has 8 heteroatoms. The molecule has 0 aromatic heterocycles. The van der Waals surface area contributed by atoms with Gasteiger partial charge in [-0.25, -0.2) is 0 Å². The molecule has 0 aromatic rings. The first-order valence-electron chi connectivity index (χ1n) is 1.22. The van der Waals surface area contributed by atoms with E-state index in [4.69, 9.17) is 30.0 Å². The van der Waals surface area contributed by atoms with Gasteiger partial charge in [0.25, 0.3) is 0 Å². The molecule has 0 N–H and O–H groups in total. The van der Waals surface area contributed by atoms with E-state index in [0.717, 1.165) is 0 Å². The van der Waals surface area contributed by atoms with Gasteiger partial charge in [-0.2, -0.15) is 0 Å². The van der Waals surface area contributed by atoms with E-state index in [1.165, 1.54) is 0 Å². The Hall–Kier alpha value is 0.163. The SMILES string of the molecule is O=C([O-])[O-].O=C([O-])[O-].[Na+].[Rh+3]. The zero-order valence-corrected chi connectivity index (χ0v) is 8.42. The van der Waals surface area contributed by atoms with Gasteiger partial charge in [0, 0.05) is 0 Å². The standard InChI is InChI=1S/2CH2O3.Na.Rh/c2*2-1(3)4;;/h2*(H2,2,3,4);;/q;;+1;+3/p-4. The summed E-state index contributed by atoms with van der Waals surface area (Å²) in [4.78, 5) is 16.7. The Morgan fingerprint density at radius 2 is 0.800 bits per heavy atom. The van der Waals surface area contributed by atoms with Crippen LogP contribution in [0.3, 0.4) is 0 Å². The van der Waals surface area contributed by atoms with Crippen LogP contribution in [0.25, 0.3) is 0 Å². The molecule has 0 atom stereocenters. The summed E-state index contributed by atoms with van der Waals surface area (Å²) >= 11 is 0. The Labute approximate surface area is 90.9 Å². The molecule has 0 unspecified atom stereocenters. The first kappa shape index (κ1) is 22.5. The molecule has 0 aliphatic rings. The van der Waals surface area contributed by atoms with Crippen LogP contribution in [-0.4, -0.2) is 12.3 Å². The van der Waals surface area contributed by atoms with Crippen LogP contribution in [0.1, 0.15) is 0 Å². The molecule has 0 aliphatic heterocycles. The Kier molecular flexibility index (Phi) is 36.1. The molecule has 0 rings (SSSR count). The van der Waals surface area contributed by atoms with Gasteiger partial charge in [-0.05, 0) is 12.3 Å². The number of hydrogen-bond donors (Lipinski definition) is 0. The Morgan fingerprint density at radius 1 is 0.800 bits per heavy atom. The van der Waals surface area contributed by atoms with Gasteiger partial charge < -0.3 is 30.0 Å². The van der Waals surface area contributed by atoms with Crippen LogP contribution < -0.4 is 50.0 Å². The van der Waals surface area contributed by atoms with Gasteiger partial charge in [0.1, 0.15) is 0 Å². The van der Waals surface area contributed by atoms with Crippen LogP contribution in [0.4, 0.5) is 9.59 Å². The molecular weight excluding hydrogens is 246 g/mol. The molecule has 0 saturated carbocycles. The van der Waals surface area contributed by atoms with E-state index in [0.29, 0.717) is 0 Å². The molecule has 0 aliphatic carbocycles. The number of carboxylic acid groups (broad SMARTS) is 4. The van der Waals surface area contributed by atoms with E-state index in [1.807, 2.05) is 0 Å². The van der Waals surface area contributed by atoms with Crippen molar-refractivity contribution >= 4 is 12.3 Å². The minimum atomic E-state index is -2.33. The topological polar surface area (TPSA) is 126 Å². The minimum absolute atomic E-state index is 0. The first-order valence-corrected chi connectivity index (χ1v) is 1.22. The first-order chi connectivity index (χ1) is 3.46. The number of hydrogen-bond acceptors (Lipinski definition) is 6. The summed E-state index contributed by atoms with van der Waals surface area (Å²) in [5, 5.41) is 33.3. The second-order valence-electron chi connectivity index (χ2n) is 0.500. The fraction of sp³-hybridized carbons (Fsp3) is 0. The van der Waals surface area contributed by atoms with Crippen molar-refractivity contribution in [3.8, 4) is 0 Å². The van der Waals surface area contributed by atoms with E-state index in [-0.39, 0.29) is 49.0 Å². The van der Waals surface area contributed by atoms with E-state index in [1.54, 1.807) is 0 Å². The van der Waals surface area contributed by atoms with Crippen molar-refractivity contribution in [2.45, 2.75) is 0 Å². The maximum atomic E-state index is 8.33. The predicted octanol–water partition coefficient (Wildman–Crippen LogP) is -7.89. The summed E-state index contributed by atoms with van der Waals surface area (Å²) in [5.74, 6) is 0. The zero-order chi connectivity index (χ0) is 7.15. The summed E-state index contributed by atoms with van der Waals surface area (Å²) in [7, 11) is 0. The van der Waals surface area contributed by atoms with E-state index in [2.05, 4.69) is 0 Å². The average Bonchev–Trinajstić information content (AvgIpc) is 1.25. The van der Waals surface area contributed by atoms with Crippen LogP contribution >= 0.6 is 0 Å². The van der Waals surface area contributed by atoms with Crippen molar-refractivity contribution in [2.75, 3.05) is 0 Å². The molecule has 0 fully saturated rings. The number of carbonyl (C=O) groups is 2. The van der Waals surface area contributed by atoms with Gasteiger partial charge in [0.15, 0.2) is 0 Å². The van der Waals surface area contributed by atoms with Gasteiger partial charge in [-0.3, -0.25) is 0 Å². The Balaban J connectivity index is -0.0000000300.